The Kier molecular flexibility index (Phi) is 12.7. The standard InChI is InChI=1S/2C6H3N3O7.C5H14N2/c2*10-6-4(8(13)14)1-3(7(11)12)2-5(6)9(15)16;1-7(2)5-3-4-6/h2*1-2,10H;3-6H2,1-2H3. The maximum absolute atomic E-state index is 10.4. The largest absolute Gasteiger partial charge is 0.497 e. The molecule has 0 bridgehead atoms. The lowest BCUT2D eigenvalue weighted by molar-refractivity contribution is -0.404. The van der Waals surface area contributed by atoms with E-state index in [2.05, 4.69) is 19.0 Å². The predicted molar refractivity (Wildman–Crippen MR) is 128 cm³/mol. The molecule has 0 heterocycles. The van der Waals surface area contributed by atoms with Gasteiger partial charge in [-0.05, 0) is 33.6 Å². The average Bonchev–Trinajstić information content (AvgIpc) is 2.82. The predicted octanol–water partition coefficient (Wildman–Crippen LogP) is 2.13. The van der Waals surface area contributed by atoms with E-state index in [-0.39, 0.29) is 0 Å². The van der Waals surface area contributed by atoms with Crippen LogP contribution >= 0.6 is 0 Å². The number of hydrogen-bond donors (Lipinski definition) is 3. The van der Waals surface area contributed by atoms with Crippen molar-refractivity contribution < 1.29 is 39.8 Å². The minimum absolute atomic E-state index is 0.447. The molecule has 4 N–H and O–H groups in total. The first-order chi connectivity index (χ1) is 18.0. The quantitative estimate of drug-likeness (QED) is 0.292. The molecule has 0 saturated carbocycles. The minimum atomic E-state index is -1.21. The fraction of sp³-hybridized carbons (Fsp3) is 0.294. The Morgan fingerprint density at radius 2 is 0.872 bits per heavy atom. The summed E-state index contributed by atoms with van der Waals surface area (Å²) in [6.07, 6.45) is 1.10. The van der Waals surface area contributed by atoms with Crippen LogP contribution in [0, 0.1) is 60.7 Å². The second-order valence-corrected chi connectivity index (χ2v) is 7.15. The molecule has 2 rings (SSSR count). The van der Waals surface area contributed by atoms with E-state index in [1.54, 1.807) is 0 Å². The maximum Gasteiger partial charge on any atom is 0.324 e. The summed E-state index contributed by atoms with van der Waals surface area (Å²) >= 11 is 0. The molecule has 0 radical (unpaired) electrons. The highest BCUT2D eigenvalue weighted by atomic mass is 16.7. The smallest absolute Gasteiger partial charge is 0.324 e. The van der Waals surface area contributed by atoms with Crippen molar-refractivity contribution in [3.63, 3.8) is 0 Å². The Morgan fingerprint density at radius 1 is 0.615 bits per heavy atom. The summed E-state index contributed by atoms with van der Waals surface area (Å²) in [5.41, 5.74) is -0.754. The van der Waals surface area contributed by atoms with Crippen LogP contribution in [0.25, 0.3) is 0 Å². The van der Waals surface area contributed by atoms with E-state index in [0.29, 0.717) is 24.3 Å². The number of non-ortho nitro benzene ring substituents is 2. The molecule has 212 valence electrons. The lowest BCUT2D eigenvalue weighted by Crippen LogP contribution is -2.16. The number of nitrogens with zero attached hydrogens (tertiary/aromatic N) is 7. The molecule has 2 aromatic rings. The molecule has 39 heavy (non-hydrogen) atoms. The summed E-state index contributed by atoms with van der Waals surface area (Å²) in [6, 6.07) is 1.79. The zero-order valence-corrected chi connectivity index (χ0v) is 19.9. The van der Waals surface area contributed by atoms with Crippen LogP contribution in [0.1, 0.15) is 6.42 Å². The van der Waals surface area contributed by atoms with Crippen LogP contribution in [0.3, 0.4) is 0 Å². The Morgan fingerprint density at radius 3 is 1.00 bits per heavy atom. The lowest BCUT2D eigenvalue weighted by Gasteiger charge is -2.05. The van der Waals surface area contributed by atoms with Gasteiger partial charge >= 0.3 is 22.7 Å². The molecule has 0 aliphatic heterocycles. The molecule has 22 nitrogen and oxygen atoms in total. The fourth-order valence-electron chi connectivity index (χ4n) is 2.35. The Hall–Kier alpha value is -5.64. The zero-order valence-electron chi connectivity index (χ0n) is 19.9. The number of nitro benzene ring substituents is 6. The Balaban J connectivity index is 0.000000600. The molecule has 0 unspecified atom stereocenters. The van der Waals surface area contributed by atoms with Crippen molar-refractivity contribution in [2.75, 3.05) is 27.2 Å². The summed E-state index contributed by atoms with van der Waals surface area (Å²) in [5, 5.41) is 80.4. The first-order valence-electron chi connectivity index (χ1n) is 9.91. The van der Waals surface area contributed by atoms with E-state index in [1.165, 1.54) is 0 Å². The topological polar surface area (TPSA) is 329 Å². The number of nitro groups is 6. The SMILES string of the molecule is CN(C)CCCN.O=[N+]([O-])c1cc([N+](=O)[O-])c(O)c([N+](=O)[O-])c1.O=[N+]([O-])c1cc([N+](=O)[O-])c(O)c([N+](=O)[O-])c1. The molecule has 0 saturated heterocycles. The van der Waals surface area contributed by atoms with Gasteiger partial charge in [0.15, 0.2) is 0 Å². The van der Waals surface area contributed by atoms with Crippen LogP contribution in [0.2, 0.25) is 0 Å². The normalized spacial score (nSPS) is 9.85. The van der Waals surface area contributed by atoms with E-state index >= 15 is 0 Å². The fourth-order valence-corrected chi connectivity index (χ4v) is 2.35. The van der Waals surface area contributed by atoms with Gasteiger partial charge in [0.05, 0.1) is 53.8 Å². The number of aromatic hydroxyl groups is 2. The van der Waals surface area contributed by atoms with Crippen molar-refractivity contribution in [2.24, 2.45) is 5.73 Å². The highest BCUT2D eigenvalue weighted by molar-refractivity contribution is 5.65. The van der Waals surface area contributed by atoms with Crippen LogP contribution in [0.5, 0.6) is 11.5 Å². The van der Waals surface area contributed by atoms with Crippen LogP contribution in [0.4, 0.5) is 34.1 Å². The van der Waals surface area contributed by atoms with Crippen molar-refractivity contribution in [3.8, 4) is 11.5 Å². The zero-order chi connectivity index (χ0) is 30.6. The molecule has 0 aliphatic rings. The molecule has 0 fully saturated rings. The van der Waals surface area contributed by atoms with Gasteiger partial charge in [0.2, 0.25) is 0 Å². The number of hydrogen-bond acceptors (Lipinski definition) is 16. The summed E-state index contributed by atoms with van der Waals surface area (Å²) in [5.74, 6) is -2.42. The summed E-state index contributed by atoms with van der Waals surface area (Å²) in [4.78, 5) is 57.7. The van der Waals surface area contributed by atoms with Crippen molar-refractivity contribution in [2.45, 2.75) is 6.42 Å². The second kappa shape index (κ2) is 14.8. The summed E-state index contributed by atoms with van der Waals surface area (Å²) in [7, 11) is 4.10. The second-order valence-electron chi connectivity index (χ2n) is 7.15. The van der Waals surface area contributed by atoms with Crippen LogP contribution in [-0.4, -0.2) is 71.8 Å². The van der Waals surface area contributed by atoms with Gasteiger partial charge in [-0.3, -0.25) is 60.7 Å². The maximum atomic E-state index is 10.4. The van der Waals surface area contributed by atoms with Gasteiger partial charge in [-0.1, -0.05) is 0 Å². The number of phenols is 2. The Labute approximate surface area is 215 Å². The van der Waals surface area contributed by atoms with Gasteiger partial charge in [-0.15, -0.1) is 0 Å². The van der Waals surface area contributed by atoms with E-state index in [1.807, 2.05) is 0 Å². The number of nitrogens with two attached hydrogens (primary N) is 1. The van der Waals surface area contributed by atoms with Gasteiger partial charge in [-0.2, -0.15) is 0 Å². The van der Waals surface area contributed by atoms with Crippen LogP contribution in [0.15, 0.2) is 24.3 Å². The monoisotopic (exact) mass is 560 g/mol. The van der Waals surface area contributed by atoms with Crippen molar-refractivity contribution in [1.29, 1.82) is 0 Å². The van der Waals surface area contributed by atoms with Crippen LogP contribution < -0.4 is 5.73 Å². The molecule has 0 aromatic heterocycles. The first kappa shape index (κ1) is 33.4. The van der Waals surface area contributed by atoms with Gasteiger partial charge in [0.1, 0.15) is 0 Å². The molecule has 0 spiro atoms. The molecular weight excluding hydrogens is 540 g/mol. The average molecular weight is 560 g/mol. The number of phenolic OH excluding ortho intramolecular Hbond substituents is 2. The van der Waals surface area contributed by atoms with Gasteiger partial charge in [0.25, 0.3) is 22.9 Å². The molecule has 2 aromatic carbocycles. The number of rotatable bonds is 9. The molecule has 0 aliphatic carbocycles. The van der Waals surface area contributed by atoms with Gasteiger partial charge in [0, 0.05) is 0 Å². The van der Waals surface area contributed by atoms with Crippen molar-refractivity contribution in [1.82, 2.24) is 4.90 Å². The molecule has 0 atom stereocenters. The minimum Gasteiger partial charge on any atom is -0.497 e. The van der Waals surface area contributed by atoms with E-state index in [0.717, 1.165) is 19.5 Å². The van der Waals surface area contributed by atoms with Gasteiger partial charge in [-0.25, -0.2) is 0 Å². The Bertz CT molecular complexity index is 1120. The first-order valence-corrected chi connectivity index (χ1v) is 9.91. The highest BCUT2D eigenvalue weighted by Crippen LogP contribution is 2.40. The number of benzene rings is 2. The van der Waals surface area contributed by atoms with Crippen molar-refractivity contribution in [3.05, 3.63) is 85.0 Å². The molecule has 0 amide bonds. The molecular formula is C17H20N8O14. The van der Waals surface area contributed by atoms with Crippen LogP contribution in [-0.2, 0) is 0 Å². The van der Waals surface area contributed by atoms with E-state index in [4.69, 9.17) is 15.9 Å². The summed E-state index contributed by atoms with van der Waals surface area (Å²) < 4.78 is 0. The third-order valence-electron chi connectivity index (χ3n) is 4.13. The summed E-state index contributed by atoms with van der Waals surface area (Å²) in [6.45, 7) is 1.91. The third-order valence-corrected chi connectivity index (χ3v) is 4.13. The molecule has 22 heteroatoms. The van der Waals surface area contributed by atoms with E-state index < -0.39 is 75.2 Å². The van der Waals surface area contributed by atoms with Crippen molar-refractivity contribution >= 4 is 34.1 Å². The highest BCUT2D eigenvalue weighted by Gasteiger charge is 2.31. The third kappa shape index (κ3) is 10.1. The van der Waals surface area contributed by atoms with E-state index in [9.17, 15) is 60.7 Å². The van der Waals surface area contributed by atoms with Gasteiger partial charge < -0.3 is 20.8 Å². The lowest BCUT2D eigenvalue weighted by atomic mass is 10.2.